The van der Waals surface area contributed by atoms with Crippen LogP contribution < -0.4 is 4.18 Å². The van der Waals surface area contributed by atoms with Gasteiger partial charge in [0.15, 0.2) is 0 Å². The first-order valence-corrected chi connectivity index (χ1v) is 12.5. The van der Waals surface area contributed by atoms with Crippen molar-refractivity contribution < 1.29 is 40.1 Å². The first-order chi connectivity index (χ1) is 15.4. The summed E-state index contributed by atoms with van der Waals surface area (Å²) in [5, 5.41) is 0. The largest absolute Gasteiger partial charge is 0.534 e. The van der Waals surface area contributed by atoms with E-state index >= 15 is 0 Å². The quantitative estimate of drug-likeness (QED) is 0.344. The lowest BCUT2D eigenvalue weighted by Gasteiger charge is -2.50. The zero-order valence-electron chi connectivity index (χ0n) is 18.5. The second-order valence-electron chi connectivity index (χ2n) is 9.64. The number of methoxy groups -OCH3 is 1. The fourth-order valence-corrected chi connectivity index (χ4v) is 6.97. The third-order valence-corrected chi connectivity index (χ3v) is 8.96. The molecule has 182 valence electrons. The van der Waals surface area contributed by atoms with Crippen molar-refractivity contribution in [1.82, 2.24) is 0 Å². The van der Waals surface area contributed by atoms with Gasteiger partial charge in [0.25, 0.3) is 0 Å². The molecule has 5 atom stereocenters. The summed E-state index contributed by atoms with van der Waals surface area (Å²) in [6.45, 7) is 2.03. The third-order valence-electron chi connectivity index (χ3n) is 7.98. The average Bonchev–Trinajstić information content (AvgIpc) is 3.00. The maximum Gasteiger partial charge on any atom is 0.534 e. The van der Waals surface area contributed by atoms with Crippen LogP contribution in [0.15, 0.2) is 18.2 Å². The predicted octanol–water partition coefficient (Wildman–Crippen LogP) is 4.52. The van der Waals surface area contributed by atoms with E-state index in [2.05, 4.69) is 4.18 Å². The molecular weight excluding hydrogens is 461 g/mol. The van der Waals surface area contributed by atoms with Crippen LogP contribution in [0.2, 0.25) is 0 Å². The summed E-state index contributed by atoms with van der Waals surface area (Å²) in [5.74, 6) is 0.171. The van der Waals surface area contributed by atoms with Crippen LogP contribution in [-0.4, -0.2) is 32.8 Å². The summed E-state index contributed by atoms with van der Waals surface area (Å²) in [4.78, 5) is 24.6. The number of carbonyl (C=O) groups is 2. The number of alkyl halides is 3. The molecule has 0 saturated heterocycles. The molecule has 3 aliphatic rings. The molecule has 2 saturated carbocycles. The highest BCUT2D eigenvalue weighted by molar-refractivity contribution is 7.88. The Balaban J connectivity index is 1.59. The average molecular weight is 489 g/mol. The minimum atomic E-state index is -5.72. The van der Waals surface area contributed by atoms with Crippen LogP contribution >= 0.6 is 0 Å². The number of hydrogen-bond acceptors (Lipinski definition) is 6. The number of aryl methyl sites for hydroxylation is 1. The molecule has 3 aliphatic carbocycles. The Morgan fingerprint density at radius 3 is 2.64 bits per heavy atom. The number of ketones is 1. The van der Waals surface area contributed by atoms with Crippen molar-refractivity contribution in [3.05, 3.63) is 29.3 Å². The molecule has 0 radical (unpaired) electrons. The van der Waals surface area contributed by atoms with Crippen LogP contribution in [-0.2, 0) is 30.9 Å². The van der Waals surface area contributed by atoms with Gasteiger partial charge < -0.3 is 8.92 Å². The summed E-state index contributed by atoms with van der Waals surface area (Å²) in [5.41, 5.74) is -4.15. The van der Waals surface area contributed by atoms with E-state index in [0.717, 1.165) is 24.0 Å². The van der Waals surface area contributed by atoms with E-state index in [-0.39, 0.29) is 47.6 Å². The molecule has 10 heteroatoms. The molecule has 0 spiro atoms. The molecule has 0 heterocycles. The van der Waals surface area contributed by atoms with E-state index < -0.39 is 21.0 Å². The minimum absolute atomic E-state index is 0.0930. The number of Topliss-reactive ketones (excluding diaryl/α,β-unsaturated/α-hetero) is 1. The highest BCUT2D eigenvalue weighted by Crippen LogP contribution is 2.62. The van der Waals surface area contributed by atoms with Crippen LogP contribution in [0.4, 0.5) is 13.2 Å². The molecule has 6 nitrogen and oxygen atoms in total. The summed E-state index contributed by atoms with van der Waals surface area (Å²) in [7, 11) is -4.38. The molecule has 0 amide bonds. The Labute approximate surface area is 190 Å². The van der Waals surface area contributed by atoms with Gasteiger partial charge in [-0.3, -0.25) is 9.59 Å². The monoisotopic (exact) mass is 488 g/mol. The second kappa shape index (κ2) is 8.29. The van der Waals surface area contributed by atoms with Crippen LogP contribution in [0.3, 0.4) is 0 Å². The van der Waals surface area contributed by atoms with Crippen molar-refractivity contribution in [3.8, 4) is 5.75 Å². The van der Waals surface area contributed by atoms with Gasteiger partial charge in [-0.1, -0.05) is 13.0 Å². The van der Waals surface area contributed by atoms with Gasteiger partial charge in [0.2, 0.25) is 0 Å². The van der Waals surface area contributed by atoms with Crippen molar-refractivity contribution in [3.63, 3.8) is 0 Å². The fourth-order valence-electron chi connectivity index (χ4n) is 6.51. The second-order valence-corrected chi connectivity index (χ2v) is 11.2. The number of esters is 1. The van der Waals surface area contributed by atoms with Crippen LogP contribution in [0.1, 0.15) is 62.5 Å². The predicted molar refractivity (Wildman–Crippen MR) is 112 cm³/mol. The number of halogens is 3. The zero-order chi connectivity index (χ0) is 24.2. The van der Waals surface area contributed by atoms with Gasteiger partial charge in [-0.25, -0.2) is 0 Å². The van der Waals surface area contributed by atoms with Crippen molar-refractivity contribution in [2.75, 3.05) is 7.11 Å². The molecule has 0 bridgehead atoms. The van der Waals surface area contributed by atoms with Crippen molar-refractivity contribution >= 4 is 21.9 Å². The smallest absolute Gasteiger partial charge is 0.469 e. The molecule has 4 rings (SSSR count). The number of fused-ring (bicyclic) bond motifs is 5. The first-order valence-electron chi connectivity index (χ1n) is 11.1. The summed E-state index contributed by atoms with van der Waals surface area (Å²) < 4.78 is 69.8. The van der Waals surface area contributed by atoms with Gasteiger partial charge in [-0.05, 0) is 79.0 Å². The maximum atomic E-state index is 13.0. The Hall–Kier alpha value is -2.10. The van der Waals surface area contributed by atoms with E-state index in [1.165, 1.54) is 19.2 Å². The molecule has 0 N–H and O–H groups in total. The van der Waals surface area contributed by atoms with Crippen LogP contribution in [0.5, 0.6) is 5.75 Å². The normalized spacial score (nSPS) is 31.4. The topological polar surface area (TPSA) is 86.7 Å². The molecule has 2 fully saturated rings. The maximum absolute atomic E-state index is 13.0. The minimum Gasteiger partial charge on any atom is -0.469 e. The Kier molecular flexibility index (Phi) is 6.04. The van der Waals surface area contributed by atoms with E-state index in [0.29, 0.717) is 25.7 Å². The molecule has 1 aromatic carbocycles. The van der Waals surface area contributed by atoms with Crippen molar-refractivity contribution in [1.29, 1.82) is 0 Å². The lowest BCUT2D eigenvalue weighted by atomic mass is 9.54. The van der Waals surface area contributed by atoms with E-state index in [1.54, 1.807) is 6.07 Å². The van der Waals surface area contributed by atoms with Crippen molar-refractivity contribution in [2.24, 2.45) is 23.2 Å². The van der Waals surface area contributed by atoms with Gasteiger partial charge in [0.05, 0.1) is 7.11 Å². The van der Waals surface area contributed by atoms with Crippen LogP contribution in [0, 0.1) is 23.2 Å². The van der Waals surface area contributed by atoms with Crippen LogP contribution in [0.25, 0.3) is 0 Å². The first kappa shape index (κ1) is 24.0. The summed E-state index contributed by atoms with van der Waals surface area (Å²) in [6, 6.07) is 4.32. The van der Waals surface area contributed by atoms with Crippen molar-refractivity contribution in [2.45, 2.75) is 63.3 Å². The molecule has 0 aliphatic heterocycles. The molecule has 1 aromatic rings. The standard InChI is InChI=1S/C23H27F3O6S/c1-22-10-9-17-16-7-5-15(32-33(29,30)23(24,25)26)11-13(16)3-6-18(17)21(22)14(12-19(22)27)4-8-20(28)31-2/h5,7,11,14,17-18,21H,3-4,6,8-10,12H2,1-2H3/t14?,17?,18?,21?,22-/m1/s1. The Morgan fingerprint density at radius 2 is 1.97 bits per heavy atom. The highest BCUT2D eigenvalue weighted by atomic mass is 32.2. The SMILES string of the molecule is COC(=O)CCC1CC(=O)[C@@]2(C)CCC3c4ccc(OS(=O)(=O)C(F)(F)F)cc4CCC3C12. The number of rotatable bonds is 5. The number of carbonyl (C=O) groups excluding carboxylic acids is 2. The number of ether oxygens (including phenoxy) is 1. The van der Waals surface area contributed by atoms with E-state index in [1.807, 2.05) is 6.92 Å². The Morgan fingerprint density at radius 1 is 1.24 bits per heavy atom. The third kappa shape index (κ3) is 4.15. The molecule has 0 aromatic heterocycles. The molecule has 33 heavy (non-hydrogen) atoms. The lowest BCUT2D eigenvalue weighted by molar-refractivity contribution is -0.141. The van der Waals surface area contributed by atoms with Gasteiger partial charge in [0, 0.05) is 18.3 Å². The van der Waals surface area contributed by atoms with Gasteiger partial charge >= 0.3 is 21.6 Å². The Bertz CT molecular complexity index is 1070. The number of benzene rings is 1. The highest BCUT2D eigenvalue weighted by Gasteiger charge is 2.58. The fraction of sp³-hybridized carbons (Fsp3) is 0.652. The van der Waals surface area contributed by atoms with Gasteiger partial charge in [0.1, 0.15) is 11.5 Å². The zero-order valence-corrected chi connectivity index (χ0v) is 19.3. The number of hydrogen-bond donors (Lipinski definition) is 0. The summed E-state index contributed by atoms with van der Waals surface area (Å²) in [6.07, 6.45) is 4.11. The molecule has 4 unspecified atom stereocenters. The lowest BCUT2D eigenvalue weighted by Crippen LogP contribution is -2.44. The molecular formula is C23H27F3O6S. The van der Waals surface area contributed by atoms with Gasteiger partial charge in [-0.2, -0.15) is 21.6 Å². The summed E-state index contributed by atoms with van der Waals surface area (Å²) >= 11 is 0. The van der Waals surface area contributed by atoms with E-state index in [9.17, 15) is 31.2 Å². The van der Waals surface area contributed by atoms with Gasteiger partial charge in [-0.15, -0.1) is 0 Å². The van der Waals surface area contributed by atoms with E-state index in [4.69, 9.17) is 4.74 Å².